The molecule has 2 nitrogen and oxygen atoms in total. The maximum atomic E-state index is 13.4. The molecule has 5 heteroatoms. The Morgan fingerprint density at radius 3 is 2.54 bits per heavy atom. The number of thioether (sulfide) groups is 1. The standard InChI is InChI=1S/C8H12F2O2S/c1-2-7(6(11)12)5-13-4-3-8(7,9)10/h2-5H2,1H3,(H,11,12). The predicted molar refractivity (Wildman–Crippen MR) is 47.2 cm³/mol. The zero-order chi connectivity index (χ0) is 10.1. The van der Waals surface area contributed by atoms with Crippen molar-refractivity contribution in [3.8, 4) is 0 Å². The Morgan fingerprint density at radius 1 is 1.62 bits per heavy atom. The van der Waals surface area contributed by atoms with Gasteiger partial charge in [-0.1, -0.05) is 6.92 Å². The fraction of sp³-hybridized carbons (Fsp3) is 0.875. The maximum absolute atomic E-state index is 13.4. The summed E-state index contributed by atoms with van der Waals surface area (Å²) >= 11 is 1.30. The summed E-state index contributed by atoms with van der Waals surface area (Å²) in [6.45, 7) is 1.51. The third-order valence-corrected chi connectivity index (χ3v) is 3.81. The number of rotatable bonds is 2. The first-order valence-corrected chi connectivity index (χ1v) is 5.31. The zero-order valence-electron chi connectivity index (χ0n) is 7.35. The van der Waals surface area contributed by atoms with Gasteiger partial charge in [0.15, 0.2) is 0 Å². The molecule has 0 saturated carbocycles. The van der Waals surface area contributed by atoms with Gasteiger partial charge in [-0.15, -0.1) is 0 Å². The molecule has 1 aliphatic rings. The van der Waals surface area contributed by atoms with E-state index < -0.39 is 17.3 Å². The van der Waals surface area contributed by atoms with Crippen LogP contribution in [0, 0.1) is 5.41 Å². The minimum atomic E-state index is -3.06. The SMILES string of the molecule is CCC1(C(=O)O)CSCCC1(F)F. The number of carboxylic acids is 1. The quantitative estimate of drug-likeness (QED) is 0.759. The topological polar surface area (TPSA) is 37.3 Å². The van der Waals surface area contributed by atoms with E-state index in [0.29, 0.717) is 5.75 Å². The predicted octanol–water partition coefficient (Wildman–Crippen LogP) is 2.24. The molecule has 1 saturated heterocycles. The second kappa shape index (κ2) is 3.44. The van der Waals surface area contributed by atoms with Crippen LogP contribution >= 0.6 is 11.8 Å². The van der Waals surface area contributed by atoms with E-state index in [4.69, 9.17) is 5.11 Å². The van der Waals surface area contributed by atoms with Crippen LogP contribution < -0.4 is 0 Å². The van der Waals surface area contributed by atoms with Gasteiger partial charge in [-0.25, -0.2) is 8.78 Å². The second-order valence-electron chi connectivity index (χ2n) is 3.25. The lowest BCUT2D eigenvalue weighted by atomic mass is 9.79. The van der Waals surface area contributed by atoms with Gasteiger partial charge in [0.2, 0.25) is 0 Å². The summed E-state index contributed by atoms with van der Waals surface area (Å²) < 4.78 is 26.8. The van der Waals surface area contributed by atoms with Gasteiger partial charge in [0.25, 0.3) is 5.92 Å². The molecule has 1 heterocycles. The Morgan fingerprint density at radius 2 is 2.23 bits per heavy atom. The fourth-order valence-corrected chi connectivity index (χ4v) is 2.95. The molecule has 0 aromatic carbocycles. The number of aliphatic carboxylic acids is 1. The van der Waals surface area contributed by atoms with Crippen LogP contribution in [-0.4, -0.2) is 28.5 Å². The molecule has 0 aromatic heterocycles. The van der Waals surface area contributed by atoms with E-state index in [-0.39, 0.29) is 18.6 Å². The van der Waals surface area contributed by atoms with Crippen LogP contribution in [0.15, 0.2) is 0 Å². The number of carbonyl (C=O) groups is 1. The summed E-state index contributed by atoms with van der Waals surface area (Å²) in [5, 5.41) is 8.83. The molecule has 1 unspecified atom stereocenters. The normalized spacial score (nSPS) is 32.8. The monoisotopic (exact) mass is 210 g/mol. The maximum Gasteiger partial charge on any atom is 0.316 e. The summed E-state index contributed by atoms with van der Waals surface area (Å²) in [5.74, 6) is -4.06. The molecular formula is C8H12F2O2S. The van der Waals surface area contributed by atoms with Crippen LogP contribution in [0.3, 0.4) is 0 Å². The molecule has 0 amide bonds. The van der Waals surface area contributed by atoms with Crippen LogP contribution in [0.25, 0.3) is 0 Å². The molecule has 0 spiro atoms. The molecule has 0 bridgehead atoms. The molecular weight excluding hydrogens is 198 g/mol. The van der Waals surface area contributed by atoms with Crippen molar-refractivity contribution in [2.24, 2.45) is 5.41 Å². The zero-order valence-corrected chi connectivity index (χ0v) is 8.16. The molecule has 0 radical (unpaired) electrons. The lowest BCUT2D eigenvalue weighted by Gasteiger charge is -2.39. The van der Waals surface area contributed by atoms with Gasteiger partial charge in [0.1, 0.15) is 5.41 Å². The smallest absolute Gasteiger partial charge is 0.316 e. The number of hydrogen-bond acceptors (Lipinski definition) is 2. The molecule has 76 valence electrons. The molecule has 0 aliphatic carbocycles. The van der Waals surface area contributed by atoms with Crippen molar-refractivity contribution < 1.29 is 18.7 Å². The molecule has 1 fully saturated rings. The fourth-order valence-electron chi connectivity index (χ4n) is 1.52. The Hall–Kier alpha value is -0.320. The van der Waals surface area contributed by atoms with Crippen molar-refractivity contribution in [2.75, 3.05) is 11.5 Å². The van der Waals surface area contributed by atoms with Gasteiger partial charge >= 0.3 is 5.97 Å². The van der Waals surface area contributed by atoms with Crippen molar-refractivity contribution >= 4 is 17.7 Å². The summed E-state index contributed by atoms with van der Waals surface area (Å²) in [6.07, 6.45) is -0.333. The summed E-state index contributed by atoms with van der Waals surface area (Å²) in [4.78, 5) is 10.8. The van der Waals surface area contributed by atoms with E-state index >= 15 is 0 Å². The van der Waals surface area contributed by atoms with Gasteiger partial charge in [-0.3, -0.25) is 4.79 Å². The molecule has 0 aromatic rings. The minimum Gasteiger partial charge on any atom is -0.481 e. The first-order chi connectivity index (χ1) is 5.96. The first kappa shape index (κ1) is 10.8. The Labute approximate surface area is 79.7 Å². The average Bonchev–Trinajstić information content (AvgIpc) is 2.03. The van der Waals surface area contributed by atoms with Crippen molar-refractivity contribution in [1.82, 2.24) is 0 Å². The largest absolute Gasteiger partial charge is 0.481 e. The van der Waals surface area contributed by atoms with E-state index in [1.165, 1.54) is 18.7 Å². The number of hydrogen-bond donors (Lipinski definition) is 1. The van der Waals surface area contributed by atoms with Gasteiger partial charge < -0.3 is 5.11 Å². The Balaban J connectivity index is 2.99. The van der Waals surface area contributed by atoms with Crippen LogP contribution in [0.2, 0.25) is 0 Å². The molecule has 1 rings (SSSR count). The van der Waals surface area contributed by atoms with Gasteiger partial charge in [-0.05, 0) is 12.2 Å². The van der Waals surface area contributed by atoms with Gasteiger partial charge in [0.05, 0.1) is 0 Å². The van der Waals surface area contributed by atoms with Crippen LogP contribution in [-0.2, 0) is 4.79 Å². The van der Waals surface area contributed by atoms with E-state index in [0.717, 1.165) is 0 Å². The van der Waals surface area contributed by atoms with E-state index in [9.17, 15) is 13.6 Å². The van der Waals surface area contributed by atoms with E-state index in [2.05, 4.69) is 0 Å². The van der Waals surface area contributed by atoms with Crippen LogP contribution in [0.1, 0.15) is 19.8 Å². The lowest BCUT2D eigenvalue weighted by Crippen LogP contribution is -2.51. The minimum absolute atomic E-state index is 0.0116. The molecule has 13 heavy (non-hydrogen) atoms. The van der Waals surface area contributed by atoms with E-state index in [1.54, 1.807) is 0 Å². The Kier molecular flexibility index (Phi) is 2.85. The van der Waals surface area contributed by atoms with E-state index in [1.807, 2.05) is 0 Å². The van der Waals surface area contributed by atoms with Crippen molar-refractivity contribution in [3.63, 3.8) is 0 Å². The Bertz CT molecular complexity index is 220. The highest BCUT2D eigenvalue weighted by Crippen LogP contribution is 2.48. The lowest BCUT2D eigenvalue weighted by molar-refractivity contribution is -0.177. The second-order valence-corrected chi connectivity index (χ2v) is 4.35. The van der Waals surface area contributed by atoms with Crippen molar-refractivity contribution in [2.45, 2.75) is 25.7 Å². The van der Waals surface area contributed by atoms with Crippen LogP contribution in [0.5, 0.6) is 0 Å². The summed E-state index contributed by atoms with van der Waals surface area (Å²) in [5.41, 5.74) is -1.84. The third kappa shape index (κ3) is 1.54. The molecule has 1 aliphatic heterocycles. The molecule has 1 N–H and O–H groups in total. The highest BCUT2D eigenvalue weighted by Gasteiger charge is 2.59. The molecule has 1 atom stereocenters. The van der Waals surface area contributed by atoms with Crippen LogP contribution in [0.4, 0.5) is 8.78 Å². The number of alkyl halides is 2. The van der Waals surface area contributed by atoms with Crippen molar-refractivity contribution in [1.29, 1.82) is 0 Å². The summed E-state index contributed by atoms with van der Waals surface area (Å²) in [6, 6.07) is 0. The van der Waals surface area contributed by atoms with Gasteiger partial charge in [0, 0.05) is 12.2 Å². The highest BCUT2D eigenvalue weighted by molar-refractivity contribution is 7.99. The third-order valence-electron chi connectivity index (χ3n) is 2.62. The van der Waals surface area contributed by atoms with Crippen molar-refractivity contribution in [3.05, 3.63) is 0 Å². The first-order valence-electron chi connectivity index (χ1n) is 4.15. The summed E-state index contributed by atoms with van der Waals surface area (Å²) in [7, 11) is 0. The van der Waals surface area contributed by atoms with Gasteiger partial charge in [-0.2, -0.15) is 11.8 Å². The number of carboxylic acid groups (broad SMARTS) is 1. The average molecular weight is 210 g/mol. The number of halogens is 2. The highest BCUT2D eigenvalue weighted by atomic mass is 32.2.